The summed E-state index contributed by atoms with van der Waals surface area (Å²) < 4.78 is 1.15. The molecule has 0 aromatic carbocycles. The number of anilines is 1. The van der Waals surface area contributed by atoms with Gasteiger partial charge in [0, 0.05) is 19.1 Å². The maximum atomic E-state index is 5.70. The maximum Gasteiger partial charge on any atom is 0.0922 e. The summed E-state index contributed by atoms with van der Waals surface area (Å²) in [6, 6.07) is 4.16. The molecule has 1 aromatic rings. The first-order chi connectivity index (χ1) is 5.97. The standard InChI is InChI=1S/C9H15BrN2S/c1-9(2,6-11)12(3)8-5-4-7(10)13-8/h4-5H,6,11H2,1-3H3. The van der Waals surface area contributed by atoms with Gasteiger partial charge >= 0.3 is 0 Å². The van der Waals surface area contributed by atoms with Crippen LogP contribution in [0.4, 0.5) is 5.00 Å². The second kappa shape index (κ2) is 3.98. The molecule has 0 fully saturated rings. The number of halogens is 1. The number of nitrogens with zero attached hydrogens (tertiary/aromatic N) is 1. The molecule has 2 N–H and O–H groups in total. The largest absolute Gasteiger partial charge is 0.360 e. The first-order valence-corrected chi connectivity index (χ1v) is 5.77. The predicted molar refractivity (Wildman–Crippen MR) is 63.6 cm³/mol. The lowest BCUT2D eigenvalue weighted by Gasteiger charge is -2.35. The van der Waals surface area contributed by atoms with E-state index < -0.39 is 0 Å². The van der Waals surface area contributed by atoms with E-state index in [1.165, 1.54) is 5.00 Å². The summed E-state index contributed by atoms with van der Waals surface area (Å²) in [5.74, 6) is 0. The predicted octanol–water partition coefficient (Wildman–Crippen LogP) is 2.68. The van der Waals surface area contributed by atoms with Crippen molar-refractivity contribution < 1.29 is 0 Å². The summed E-state index contributed by atoms with van der Waals surface area (Å²) in [4.78, 5) is 2.21. The Morgan fingerprint density at radius 1 is 1.54 bits per heavy atom. The molecule has 1 aromatic heterocycles. The Labute approximate surface area is 91.9 Å². The number of likely N-dealkylation sites (N-methyl/N-ethyl adjacent to an activating group) is 1. The normalized spacial score (nSPS) is 11.8. The highest BCUT2D eigenvalue weighted by molar-refractivity contribution is 9.11. The van der Waals surface area contributed by atoms with Gasteiger partial charge in [0.25, 0.3) is 0 Å². The van der Waals surface area contributed by atoms with Gasteiger partial charge in [-0.2, -0.15) is 0 Å². The molecule has 0 saturated carbocycles. The van der Waals surface area contributed by atoms with E-state index in [1.807, 2.05) is 0 Å². The lowest BCUT2D eigenvalue weighted by atomic mass is 10.0. The molecule has 74 valence electrons. The van der Waals surface area contributed by atoms with E-state index in [0.717, 1.165) is 3.79 Å². The van der Waals surface area contributed by atoms with Crippen molar-refractivity contribution in [2.45, 2.75) is 19.4 Å². The van der Waals surface area contributed by atoms with Gasteiger partial charge in [-0.05, 0) is 41.9 Å². The van der Waals surface area contributed by atoms with Crippen LogP contribution in [0.5, 0.6) is 0 Å². The molecular weight excluding hydrogens is 248 g/mol. The summed E-state index contributed by atoms with van der Waals surface area (Å²) in [7, 11) is 2.07. The quantitative estimate of drug-likeness (QED) is 0.908. The molecule has 0 amide bonds. The Morgan fingerprint density at radius 3 is 2.54 bits per heavy atom. The van der Waals surface area contributed by atoms with E-state index >= 15 is 0 Å². The third-order valence-electron chi connectivity index (χ3n) is 2.30. The molecule has 0 bridgehead atoms. The number of hydrogen-bond acceptors (Lipinski definition) is 3. The Hall–Kier alpha value is -0.0600. The third kappa shape index (κ3) is 2.45. The summed E-state index contributed by atoms with van der Waals surface area (Å²) >= 11 is 5.17. The lowest BCUT2D eigenvalue weighted by Crippen LogP contribution is -2.46. The van der Waals surface area contributed by atoms with Crippen molar-refractivity contribution in [3.05, 3.63) is 15.9 Å². The number of hydrogen-bond donors (Lipinski definition) is 1. The van der Waals surface area contributed by atoms with Gasteiger partial charge < -0.3 is 10.6 Å². The summed E-state index contributed by atoms with van der Waals surface area (Å²) in [6.45, 7) is 4.93. The Kier molecular flexibility index (Phi) is 3.38. The summed E-state index contributed by atoms with van der Waals surface area (Å²) in [5.41, 5.74) is 5.72. The molecule has 0 aliphatic rings. The highest BCUT2D eigenvalue weighted by Gasteiger charge is 2.22. The van der Waals surface area contributed by atoms with Crippen LogP contribution >= 0.6 is 27.3 Å². The van der Waals surface area contributed by atoms with Gasteiger partial charge in [0.1, 0.15) is 0 Å². The Balaban J connectivity index is 2.84. The second-order valence-electron chi connectivity index (χ2n) is 3.65. The Morgan fingerprint density at radius 2 is 2.15 bits per heavy atom. The van der Waals surface area contributed by atoms with Crippen molar-refractivity contribution in [1.29, 1.82) is 0 Å². The van der Waals surface area contributed by atoms with Crippen LogP contribution in [0.3, 0.4) is 0 Å². The van der Waals surface area contributed by atoms with Crippen LogP contribution in [0.2, 0.25) is 0 Å². The van der Waals surface area contributed by atoms with Crippen molar-refractivity contribution in [2.24, 2.45) is 5.73 Å². The zero-order valence-electron chi connectivity index (χ0n) is 8.17. The highest BCUT2D eigenvalue weighted by Crippen LogP contribution is 2.32. The van der Waals surface area contributed by atoms with Crippen LogP contribution in [-0.2, 0) is 0 Å². The van der Waals surface area contributed by atoms with Gasteiger partial charge in [0.05, 0.1) is 8.79 Å². The number of thiophene rings is 1. The van der Waals surface area contributed by atoms with Crippen molar-refractivity contribution in [3.63, 3.8) is 0 Å². The molecule has 13 heavy (non-hydrogen) atoms. The monoisotopic (exact) mass is 262 g/mol. The molecule has 2 nitrogen and oxygen atoms in total. The molecule has 0 unspecified atom stereocenters. The van der Waals surface area contributed by atoms with Crippen molar-refractivity contribution in [3.8, 4) is 0 Å². The fourth-order valence-corrected chi connectivity index (χ4v) is 2.41. The first-order valence-electron chi connectivity index (χ1n) is 4.16. The van der Waals surface area contributed by atoms with Crippen molar-refractivity contribution in [2.75, 3.05) is 18.5 Å². The minimum absolute atomic E-state index is 0.0181. The molecule has 4 heteroatoms. The molecule has 0 aliphatic carbocycles. The molecule has 1 rings (SSSR count). The number of rotatable bonds is 3. The van der Waals surface area contributed by atoms with Crippen LogP contribution in [0.25, 0.3) is 0 Å². The minimum atomic E-state index is 0.0181. The maximum absolute atomic E-state index is 5.70. The molecule has 1 heterocycles. The molecule has 0 saturated heterocycles. The zero-order chi connectivity index (χ0) is 10.1. The summed E-state index contributed by atoms with van der Waals surface area (Å²) in [6.07, 6.45) is 0. The second-order valence-corrected chi connectivity index (χ2v) is 6.09. The topological polar surface area (TPSA) is 29.3 Å². The fourth-order valence-electron chi connectivity index (χ4n) is 0.920. The van der Waals surface area contributed by atoms with Crippen LogP contribution in [0.1, 0.15) is 13.8 Å². The SMILES string of the molecule is CN(c1ccc(Br)s1)C(C)(C)CN. The first kappa shape index (κ1) is 11.0. The average molecular weight is 263 g/mol. The van der Waals surface area contributed by atoms with Crippen LogP contribution in [0.15, 0.2) is 15.9 Å². The van der Waals surface area contributed by atoms with Crippen LogP contribution in [-0.4, -0.2) is 19.1 Å². The average Bonchev–Trinajstić information content (AvgIpc) is 2.50. The van der Waals surface area contributed by atoms with E-state index in [2.05, 4.69) is 53.9 Å². The lowest BCUT2D eigenvalue weighted by molar-refractivity contribution is 0.501. The van der Waals surface area contributed by atoms with Crippen LogP contribution in [0, 0.1) is 0 Å². The van der Waals surface area contributed by atoms with Gasteiger partial charge in [0.2, 0.25) is 0 Å². The van der Waals surface area contributed by atoms with Crippen molar-refractivity contribution in [1.82, 2.24) is 0 Å². The third-order valence-corrected chi connectivity index (χ3v) is 4.00. The number of nitrogens with two attached hydrogens (primary N) is 1. The van der Waals surface area contributed by atoms with Gasteiger partial charge in [-0.25, -0.2) is 0 Å². The van der Waals surface area contributed by atoms with E-state index in [4.69, 9.17) is 5.73 Å². The van der Waals surface area contributed by atoms with Gasteiger partial charge in [-0.15, -0.1) is 11.3 Å². The zero-order valence-corrected chi connectivity index (χ0v) is 10.6. The van der Waals surface area contributed by atoms with Crippen molar-refractivity contribution >= 4 is 32.3 Å². The van der Waals surface area contributed by atoms with Crippen LogP contribution < -0.4 is 10.6 Å². The minimum Gasteiger partial charge on any atom is -0.360 e. The molecule has 0 spiro atoms. The van der Waals surface area contributed by atoms with Gasteiger partial charge in [-0.1, -0.05) is 0 Å². The Bertz CT molecular complexity index is 283. The van der Waals surface area contributed by atoms with Gasteiger partial charge in [-0.3, -0.25) is 0 Å². The van der Waals surface area contributed by atoms with E-state index in [1.54, 1.807) is 11.3 Å². The fraction of sp³-hybridized carbons (Fsp3) is 0.556. The molecular formula is C9H15BrN2S. The van der Waals surface area contributed by atoms with E-state index in [0.29, 0.717) is 6.54 Å². The summed E-state index contributed by atoms with van der Waals surface area (Å²) in [5, 5.41) is 1.24. The smallest absolute Gasteiger partial charge is 0.0922 e. The van der Waals surface area contributed by atoms with E-state index in [9.17, 15) is 0 Å². The highest BCUT2D eigenvalue weighted by atomic mass is 79.9. The van der Waals surface area contributed by atoms with E-state index in [-0.39, 0.29) is 5.54 Å². The molecule has 0 radical (unpaired) electrons. The van der Waals surface area contributed by atoms with Gasteiger partial charge in [0.15, 0.2) is 0 Å². The molecule has 0 aliphatic heterocycles. The molecule has 0 atom stereocenters.